The molecular weight excluding hydrogens is 436 g/mol. The van der Waals surface area contributed by atoms with Crippen LogP contribution in [0.2, 0.25) is 0 Å². The van der Waals surface area contributed by atoms with Gasteiger partial charge in [0.1, 0.15) is 0 Å². The van der Waals surface area contributed by atoms with E-state index in [1.807, 2.05) is 24.3 Å². The molecule has 0 spiro atoms. The Morgan fingerprint density at radius 1 is 0.968 bits per heavy atom. The zero-order valence-corrected chi connectivity index (χ0v) is 18.3. The molecule has 0 unspecified atom stereocenters. The van der Waals surface area contributed by atoms with Gasteiger partial charge < -0.3 is 14.8 Å². The molecule has 8 nitrogen and oxygen atoms in total. The summed E-state index contributed by atoms with van der Waals surface area (Å²) in [6.07, 6.45) is 0.0820. The van der Waals surface area contributed by atoms with Crippen LogP contribution in [-0.4, -0.2) is 36.0 Å². The van der Waals surface area contributed by atoms with E-state index in [0.717, 1.165) is 10.2 Å². The van der Waals surface area contributed by atoms with Gasteiger partial charge in [-0.05, 0) is 30.3 Å². The number of benzene rings is 2. The van der Waals surface area contributed by atoms with Crippen LogP contribution in [-0.2, 0) is 11.2 Å². The minimum Gasteiger partial charge on any atom is -0.493 e. The molecule has 0 aliphatic carbocycles. The van der Waals surface area contributed by atoms with Crippen molar-refractivity contribution in [3.8, 4) is 11.5 Å². The summed E-state index contributed by atoms with van der Waals surface area (Å²) in [5.41, 5.74) is 1.81. The standard InChI is InChI=1S/C21H18N4O4S2/c1-28-15-8-7-12(9-16(15)29-2)19(27)25-20-22-13(11-30-20)10-18(26)24-21-23-14-5-3-4-6-17(14)31-21/h3-9,11H,10H2,1-2H3,(H,22,25,27)(H,23,24,26). The van der Waals surface area contributed by atoms with Crippen molar-refractivity contribution >= 4 is 55.0 Å². The molecule has 2 heterocycles. The lowest BCUT2D eigenvalue weighted by molar-refractivity contribution is -0.115. The fourth-order valence-corrected chi connectivity index (χ4v) is 4.43. The van der Waals surface area contributed by atoms with Crippen molar-refractivity contribution in [3.63, 3.8) is 0 Å². The van der Waals surface area contributed by atoms with Gasteiger partial charge in [-0.3, -0.25) is 14.9 Å². The van der Waals surface area contributed by atoms with Gasteiger partial charge in [0.05, 0.1) is 36.6 Å². The number of methoxy groups -OCH3 is 2. The average Bonchev–Trinajstić information content (AvgIpc) is 3.38. The number of aromatic nitrogens is 2. The SMILES string of the molecule is COc1ccc(C(=O)Nc2nc(CC(=O)Nc3nc4ccccc4s3)cs2)cc1OC. The predicted molar refractivity (Wildman–Crippen MR) is 122 cm³/mol. The van der Waals surface area contributed by atoms with E-state index in [9.17, 15) is 9.59 Å². The first-order valence-electron chi connectivity index (χ1n) is 9.19. The van der Waals surface area contributed by atoms with E-state index in [2.05, 4.69) is 20.6 Å². The molecule has 31 heavy (non-hydrogen) atoms. The smallest absolute Gasteiger partial charge is 0.257 e. The molecule has 0 aliphatic heterocycles. The second-order valence-electron chi connectivity index (χ2n) is 6.38. The maximum atomic E-state index is 12.5. The van der Waals surface area contributed by atoms with Crippen LogP contribution in [0, 0.1) is 0 Å². The second kappa shape index (κ2) is 9.11. The van der Waals surface area contributed by atoms with E-state index in [1.165, 1.54) is 36.9 Å². The Morgan fingerprint density at radius 2 is 1.77 bits per heavy atom. The number of carbonyl (C=O) groups excluding carboxylic acids is 2. The number of fused-ring (bicyclic) bond motifs is 1. The summed E-state index contributed by atoms with van der Waals surface area (Å²) in [4.78, 5) is 33.6. The molecule has 2 N–H and O–H groups in total. The van der Waals surface area contributed by atoms with Crippen molar-refractivity contribution in [2.24, 2.45) is 0 Å². The maximum Gasteiger partial charge on any atom is 0.257 e. The molecular formula is C21H18N4O4S2. The van der Waals surface area contributed by atoms with Gasteiger partial charge in [0.15, 0.2) is 21.8 Å². The molecule has 0 aliphatic rings. The number of amides is 2. The molecule has 0 radical (unpaired) electrons. The van der Waals surface area contributed by atoms with Crippen molar-refractivity contribution in [2.45, 2.75) is 6.42 Å². The fraction of sp³-hybridized carbons (Fsp3) is 0.143. The third-order valence-electron chi connectivity index (χ3n) is 4.30. The van der Waals surface area contributed by atoms with Crippen LogP contribution >= 0.6 is 22.7 Å². The van der Waals surface area contributed by atoms with Crippen molar-refractivity contribution in [1.82, 2.24) is 9.97 Å². The van der Waals surface area contributed by atoms with Crippen molar-refractivity contribution in [1.29, 1.82) is 0 Å². The first kappa shape index (κ1) is 20.8. The highest BCUT2D eigenvalue weighted by molar-refractivity contribution is 7.22. The van der Waals surface area contributed by atoms with Gasteiger partial charge >= 0.3 is 0 Å². The van der Waals surface area contributed by atoms with E-state index in [1.54, 1.807) is 23.6 Å². The average molecular weight is 455 g/mol. The van der Waals surface area contributed by atoms with Crippen molar-refractivity contribution < 1.29 is 19.1 Å². The first-order valence-corrected chi connectivity index (χ1v) is 10.9. The number of para-hydroxylation sites is 1. The quantitative estimate of drug-likeness (QED) is 0.434. The number of hydrogen-bond donors (Lipinski definition) is 2. The second-order valence-corrected chi connectivity index (χ2v) is 8.27. The molecule has 0 atom stereocenters. The monoisotopic (exact) mass is 454 g/mol. The minimum absolute atomic E-state index is 0.0820. The lowest BCUT2D eigenvalue weighted by Gasteiger charge is -2.09. The van der Waals surface area contributed by atoms with Gasteiger partial charge in [-0.25, -0.2) is 9.97 Å². The number of rotatable bonds is 7. The third kappa shape index (κ3) is 4.81. The molecule has 4 aromatic rings. The number of anilines is 2. The van der Waals surface area contributed by atoms with Gasteiger partial charge in [-0.1, -0.05) is 23.5 Å². The number of hydrogen-bond acceptors (Lipinski definition) is 8. The summed E-state index contributed by atoms with van der Waals surface area (Å²) in [5.74, 6) is 0.444. The van der Waals surface area contributed by atoms with E-state index < -0.39 is 0 Å². The van der Waals surface area contributed by atoms with E-state index in [0.29, 0.717) is 33.0 Å². The number of ether oxygens (including phenoxy) is 2. The molecule has 10 heteroatoms. The number of nitrogens with one attached hydrogen (secondary N) is 2. The van der Waals surface area contributed by atoms with Gasteiger partial charge in [0, 0.05) is 10.9 Å². The van der Waals surface area contributed by atoms with E-state index in [-0.39, 0.29) is 18.2 Å². The Balaban J connectivity index is 1.37. The summed E-state index contributed by atoms with van der Waals surface area (Å²) < 4.78 is 11.4. The molecule has 158 valence electrons. The predicted octanol–water partition coefficient (Wildman–Crippen LogP) is 4.20. The van der Waals surface area contributed by atoms with Crippen LogP contribution in [0.5, 0.6) is 11.5 Å². The minimum atomic E-state index is -0.333. The normalized spacial score (nSPS) is 10.6. The van der Waals surface area contributed by atoms with Gasteiger partial charge in [0.25, 0.3) is 5.91 Å². The Labute approximate surface area is 185 Å². The Hall–Kier alpha value is -3.50. The topological polar surface area (TPSA) is 102 Å². The summed E-state index contributed by atoms with van der Waals surface area (Å²) >= 11 is 2.67. The van der Waals surface area contributed by atoms with E-state index in [4.69, 9.17) is 9.47 Å². The number of nitrogens with zero attached hydrogens (tertiary/aromatic N) is 2. The largest absolute Gasteiger partial charge is 0.493 e. The zero-order valence-electron chi connectivity index (χ0n) is 16.7. The molecule has 0 saturated heterocycles. The van der Waals surface area contributed by atoms with Crippen molar-refractivity contribution in [3.05, 3.63) is 59.1 Å². The lowest BCUT2D eigenvalue weighted by atomic mass is 10.2. The maximum absolute atomic E-state index is 12.5. The Kier molecular flexibility index (Phi) is 6.10. The molecule has 4 rings (SSSR count). The Bertz CT molecular complexity index is 1220. The molecule has 0 bridgehead atoms. The van der Waals surface area contributed by atoms with Crippen LogP contribution in [0.3, 0.4) is 0 Å². The van der Waals surface area contributed by atoms with Gasteiger partial charge in [-0.15, -0.1) is 11.3 Å². The van der Waals surface area contributed by atoms with Crippen LogP contribution in [0.4, 0.5) is 10.3 Å². The fourth-order valence-electron chi connectivity index (χ4n) is 2.85. The Morgan fingerprint density at radius 3 is 2.55 bits per heavy atom. The summed E-state index contributed by atoms with van der Waals surface area (Å²) in [6, 6.07) is 12.6. The lowest BCUT2D eigenvalue weighted by Crippen LogP contribution is -2.15. The molecule has 2 aromatic carbocycles. The van der Waals surface area contributed by atoms with Crippen LogP contribution < -0.4 is 20.1 Å². The molecule has 2 amide bonds. The highest BCUT2D eigenvalue weighted by Gasteiger charge is 2.14. The van der Waals surface area contributed by atoms with Crippen LogP contribution in [0.15, 0.2) is 47.8 Å². The summed E-state index contributed by atoms with van der Waals surface area (Å²) in [7, 11) is 3.04. The van der Waals surface area contributed by atoms with E-state index >= 15 is 0 Å². The first-order chi connectivity index (χ1) is 15.1. The molecule has 2 aromatic heterocycles. The number of thiazole rings is 2. The highest BCUT2D eigenvalue weighted by Crippen LogP contribution is 2.28. The van der Waals surface area contributed by atoms with Crippen LogP contribution in [0.25, 0.3) is 10.2 Å². The summed E-state index contributed by atoms with van der Waals surface area (Å²) in [5, 5.41) is 8.23. The number of carbonyl (C=O) groups is 2. The third-order valence-corrected chi connectivity index (χ3v) is 6.06. The molecule has 0 saturated carbocycles. The zero-order chi connectivity index (χ0) is 21.8. The van der Waals surface area contributed by atoms with Crippen LogP contribution in [0.1, 0.15) is 16.1 Å². The summed E-state index contributed by atoms with van der Waals surface area (Å²) in [6.45, 7) is 0. The highest BCUT2D eigenvalue weighted by atomic mass is 32.1. The van der Waals surface area contributed by atoms with Gasteiger partial charge in [-0.2, -0.15) is 0 Å². The molecule has 0 fully saturated rings. The van der Waals surface area contributed by atoms with Gasteiger partial charge in [0.2, 0.25) is 5.91 Å². The van der Waals surface area contributed by atoms with Crippen molar-refractivity contribution in [2.75, 3.05) is 24.9 Å².